The zero-order valence-corrected chi connectivity index (χ0v) is 15.8. The first-order valence-corrected chi connectivity index (χ1v) is 9.42. The minimum absolute atomic E-state index is 0.525. The summed E-state index contributed by atoms with van der Waals surface area (Å²) in [6, 6.07) is 14.7. The van der Waals surface area contributed by atoms with Gasteiger partial charge < -0.3 is 10.6 Å². The number of hydrogen-bond acceptors (Lipinski definition) is 5. The summed E-state index contributed by atoms with van der Waals surface area (Å²) in [6.07, 6.45) is 1.93. The van der Waals surface area contributed by atoms with Crippen LogP contribution in [-0.4, -0.2) is 16.2 Å². The number of aromatic nitrogens is 2. The summed E-state index contributed by atoms with van der Waals surface area (Å²) in [4.78, 5) is 1.10. The Labute approximate surface area is 157 Å². The van der Waals surface area contributed by atoms with Gasteiger partial charge in [-0.15, -0.1) is 0 Å². The quantitative estimate of drug-likeness (QED) is 0.544. The summed E-state index contributed by atoms with van der Waals surface area (Å²) in [5.41, 5.74) is 6.58. The number of H-pyrrole nitrogens is 1. The third-order valence-corrected chi connectivity index (χ3v) is 5.28. The maximum Gasteiger partial charge on any atom is 0.212 e. The molecule has 1 aliphatic heterocycles. The van der Waals surface area contributed by atoms with Crippen molar-refractivity contribution in [1.82, 2.24) is 10.2 Å². The summed E-state index contributed by atoms with van der Waals surface area (Å²) in [5, 5.41) is 14.0. The van der Waals surface area contributed by atoms with E-state index in [1.54, 1.807) is 0 Å². The number of nitrogens with zero attached hydrogens (tertiary/aromatic N) is 2. The molecule has 132 valence electrons. The van der Waals surface area contributed by atoms with Gasteiger partial charge in [-0.2, -0.15) is 9.50 Å². The number of rotatable bonds is 3. The molecule has 3 aromatic rings. The molecule has 6 heteroatoms. The average Bonchev–Trinajstić information content (AvgIpc) is 3.07. The van der Waals surface area contributed by atoms with Crippen LogP contribution >= 0.6 is 11.9 Å². The molecule has 0 radical (unpaired) electrons. The van der Waals surface area contributed by atoms with E-state index in [4.69, 9.17) is 0 Å². The predicted molar refractivity (Wildman–Crippen MR) is 110 cm³/mol. The molecule has 3 N–H and O–H groups in total. The molecule has 26 heavy (non-hydrogen) atoms. The fourth-order valence-corrected chi connectivity index (χ4v) is 3.64. The number of para-hydroxylation sites is 1. The second-order valence-electron chi connectivity index (χ2n) is 6.62. The number of fused-ring (bicyclic) bond motifs is 1. The lowest BCUT2D eigenvalue weighted by molar-refractivity contribution is 0.867. The Morgan fingerprint density at radius 3 is 2.54 bits per heavy atom. The van der Waals surface area contributed by atoms with Crippen LogP contribution in [-0.2, 0) is 0 Å². The van der Waals surface area contributed by atoms with Crippen molar-refractivity contribution in [2.75, 3.05) is 10.6 Å². The van der Waals surface area contributed by atoms with E-state index < -0.39 is 0 Å². The van der Waals surface area contributed by atoms with Gasteiger partial charge >= 0.3 is 0 Å². The molecule has 0 amide bonds. The number of guanidine groups is 1. The Hall–Kier alpha value is -2.73. The Morgan fingerprint density at radius 2 is 1.85 bits per heavy atom. The monoisotopic (exact) mass is 363 g/mol. The molecule has 0 saturated heterocycles. The van der Waals surface area contributed by atoms with Gasteiger partial charge in [0, 0.05) is 35.0 Å². The number of aryl methyl sites for hydroxylation is 1. The van der Waals surface area contributed by atoms with Crippen LogP contribution in [0, 0.1) is 6.92 Å². The van der Waals surface area contributed by atoms with Crippen LogP contribution in [0.5, 0.6) is 0 Å². The molecule has 0 unspecified atom stereocenters. The molecule has 2 heterocycles. The molecule has 0 bridgehead atoms. The topological polar surface area (TPSA) is 65.1 Å². The third-order valence-electron chi connectivity index (χ3n) is 4.47. The minimum atomic E-state index is 0.525. The predicted octanol–water partition coefficient (Wildman–Crippen LogP) is 5.41. The van der Waals surface area contributed by atoms with Crippen LogP contribution in [0.3, 0.4) is 0 Å². The van der Waals surface area contributed by atoms with E-state index in [-0.39, 0.29) is 0 Å². The highest BCUT2D eigenvalue weighted by atomic mass is 32.2. The van der Waals surface area contributed by atoms with Crippen molar-refractivity contribution in [3.8, 4) is 11.1 Å². The molecular weight excluding hydrogens is 342 g/mol. The first kappa shape index (κ1) is 16.7. The normalized spacial score (nSPS) is 13.2. The van der Waals surface area contributed by atoms with Crippen LogP contribution in [0.15, 0.2) is 58.0 Å². The van der Waals surface area contributed by atoms with Gasteiger partial charge in [0.05, 0.1) is 16.3 Å². The van der Waals surface area contributed by atoms with E-state index in [1.165, 1.54) is 17.5 Å². The second-order valence-corrected chi connectivity index (χ2v) is 7.43. The van der Waals surface area contributed by atoms with Crippen LogP contribution in [0.25, 0.3) is 11.1 Å². The summed E-state index contributed by atoms with van der Waals surface area (Å²) in [7, 11) is 0. The summed E-state index contributed by atoms with van der Waals surface area (Å²) in [5.74, 6) is 1.26. The highest BCUT2D eigenvalue weighted by molar-refractivity contribution is 7.98. The SMILES string of the molecule is Cc1n[nH]cc1-c1cccc2c1NC(Nc1ccc(C(C)C)cc1)=NS2. The molecule has 4 rings (SSSR count). The molecule has 0 fully saturated rings. The Bertz CT molecular complexity index is 957. The maximum atomic E-state index is 4.56. The molecule has 0 aliphatic carbocycles. The zero-order chi connectivity index (χ0) is 18.1. The number of anilines is 2. The fraction of sp³-hybridized carbons (Fsp3) is 0.200. The van der Waals surface area contributed by atoms with Crippen molar-refractivity contribution < 1.29 is 0 Å². The lowest BCUT2D eigenvalue weighted by Crippen LogP contribution is -2.24. The molecule has 1 aromatic heterocycles. The lowest BCUT2D eigenvalue weighted by Gasteiger charge is -2.21. The molecule has 0 spiro atoms. The Balaban J connectivity index is 1.59. The van der Waals surface area contributed by atoms with Crippen molar-refractivity contribution in [1.29, 1.82) is 0 Å². The van der Waals surface area contributed by atoms with E-state index in [0.29, 0.717) is 5.92 Å². The van der Waals surface area contributed by atoms with Gasteiger partial charge in [-0.1, -0.05) is 38.1 Å². The number of nitrogens with one attached hydrogen (secondary N) is 3. The highest BCUT2D eigenvalue weighted by Gasteiger charge is 2.19. The first-order valence-electron chi connectivity index (χ1n) is 8.64. The van der Waals surface area contributed by atoms with Crippen LogP contribution in [0.2, 0.25) is 0 Å². The van der Waals surface area contributed by atoms with E-state index in [1.807, 2.05) is 19.2 Å². The molecule has 1 aliphatic rings. The van der Waals surface area contributed by atoms with Gasteiger partial charge in [0.2, 0.25) is 5.96 Å². The third kappa shape index (κ3) is 3.20. The van der Waals surface area contributed by atoms with Gasteiger partial charge in [-0.25, -0.2) is 0 Å². The first-order chi connectivity index (χ1) is 12.6. The standard InChI is InChI=1S/C20H21N5S/c1-12(2)14-7-9-15(10-8-14)22-20-23-19-16(17-11-21-24-13(17)3)5-4-6-18(19)26-25-20/h4-12H,1-3H3,(H,21,24)(H2,22,23,25). The van der Waals surface area contributed by atoms with Crippen LogP contribution in [0.1, 0.15) is 31.0 Å². The summed E-state index contributed by atoms with van der Waals surface area (Å²) in [6.45, 7) is 6.40. The van der Waals surface area contributed by atoms with Gasteiger partial charge in [-0.05, 0) is 36.6 Å². The zero-order valence-electron chi connectivity index (χ0n) is 15.0. The second kappa shape index (κ2) is 6.88. The van der Waals surface area contributed by atoms with Crippen molar-refractivity contribution in [2.45, 2.75) is 31.6 Å². The van der Waals surface area contributed by atoms with Crippen LogP contribution < -0.4 is 10.6 Å². The Morgan fingerprint density at radius 1 is 1.04 bits per heavy atom. The molecule has 5 nitrogen and oxygen atoms in total. The van der Waals surface area contributed by atoms with Crippen molar-refractivity contribution >= 4 is 29.3 Å². The van der Waals surface area contributed by atoms with Crippen LogP contribution in [0.4, 0.5) is 11.4 Å². The van der Waals surface area contributed by atoms with Gasteiger partial charge in [-0.3, -0.25) is 5.10 Å². The van der Waals surface area contributed by atoms with Crippen molar-refractivity contribution in [3.05, 3.63) is 59.9 Å². The number of aromatic amines is 1. The van der Waals surface area contributed by atoms with E-state index in [2.05, 4.69) is 75.5 Å². The minimum Gasteiger partial charge on any atom is -0.325 e. The van der Waals surface area contributed by atoms with Crippen molar-refractivity contribution in [3.63, 3.8) is 0 Å². The van der Waals surface area contributed by atoms with Gasteiger partial charge in [0.25, 0.3) is 0 Å². The van der Waals surface area contributed by atoms with Crippen molar-refractivity contribution in [2.24, 2.45) is 4.40 Å². The van der Waals surface area contributed by atoms with E-state index >= 15 is 0 Å². The lowest BCUT2D eigenvalue weighted by atomic mass is 10.0. The largest absolute Gasteiger partial charge is 0.325 e. The van der Waals surface area contributed by atoms with Gasteiger partial charge in [0.1, 0.15) is 0 Å². The molecule has 0 saturated carbocycles. The summed E-state index contributed by atoms with van der Waals surface area (Å²) < 4.78 is 4.56. The van der Waals surface area contributed by atoms with Gasteiger partial charge in [0.15, 0.2) is 0 Å². The molecular formula is C20H21N5S. The fourth-order valence-electron chi connectivity index (χ4n) is 2.97. The Kier molecular flexibility index (Phi) is 4.42. The molecule has 2 aromatic carbocycles. The van der Waals surface area contributed by atoms with E-state index in [0.717, 1.165) is 39.1 Å². The smallest absolute Gasteiger partial charge is 0.212 e. The average molecular weight is 363 g/mol. The number of benzene rings is 2. The van der Waals surface area contributed by atoms with E-state index in [9.17, 15) is 0 Å². The highest BCUT2D eigenvalue weighted by Crippen LogP contribution is 2.40. The summed E-state index contributed by atoms with van der Waals surface area (Å²) >= 11 is 1.47. The maximum absolute atomic E-state index is 4.56. The molecule has 0 atom stereocenters. The number of hydrogen-bond donors (Lipinski definition) is 3.